The summed E-state index contributed by atoms with van der Waals surface area (Å²) in [5, 5.41) is 0. The fourth-order valence-corrected chi connectivity index (χ4v) is 1.68. The fraction of sp³-hybridized carbons (Fsp3) is 0.433. The second-order valence-electron chi connectivity index (χ2n) is 6.03. The summed E-state index contributed by atoms with van der Waals surface area (Å²) in [6.07, 6.45) is 15.8. The molecule has 4 aromatic heterocycles. The van der Waals surface area contributed by atoms with Gasteiger partial charge in [-0.1, -0.05) is 55.4 Å². The smallest absolute Gasteiger partial charge is 0.168 e. The third-order valence-electron chi connectivity index (χ3n) is 3.26. The molecule has 0 aliphatic rings. The van der Waals surface area contributed by atoms with Gasteiger partial charge in [0.25, 0.3) is 0 Å². The van der Waals surface area contributed by atoms with Crippen molar-refractivity contribution in [2.45, 2.75) is 83.1 Å². The minimum absolute atomic E-state index is 0.822. The molecule has 4 aromatic rings. The maximum Gasteiger partial charge on any atom is 0.168 e. The standard InChI is InChI=1S/C7H10N.3C5H6N2.4C2H6/c1-7-3-5-8(2)6-4-7;1-5-4-6-2-3-7-5;1-5-2-3-6-4-7-5;1-5-6-3-2-4-7-5;4*1-2/h3-6H,1-2H3;3*2-4H,1H3;4*1-2H3/q+1;;;;;;;. The molecule has 7 heteroatoms. The second-order valence-corrected chi connectivity index (χ2v) is 6.03. The molecule has 0 spiro atoms. The van der Waals surface area contributed by atoms with E-state index >= 15 is 0 Å². The van der Waals surface area contributed by atoms with Gasteiger partial charge in [-0.15, -0.1) is 0 Å². The van der Waals surface area contributed by atoms with E-state index in [1.807, 2.05) is 106 Å². The Morgan fingerprint density at radius 3 is 1.32 bits per heavy atom. The molecule has 0 N–H and O–H groups in total. The van der Waals surface area contributed by atoms with Crippen molar-refractivity contribution in [2.24, 2.45) is 7.05 Å². The van der Waals surface area contributed by atoms with E-state index in [1.165, 1.54) is 11.9 Å². The quantitative estimate of drug-likeness (QED) is 0.231. The first kappa shape index (κ1) is 40.6. The Hall–Kier alpha value is -3.61. The number of rotatable bonds is 0. The van der Waals surface area contributed by atoms with Crippen LogP contribution >= 0.6 is 0 Å². The molecule has 37 heavy (non-hydrogen) atoms. The van der Waals surface area contributed by atoms with E-state index in [2.05, 4.69) is 49.0 Å². The van der Waals surface area contributed by atoms with Gasteiger partial charge in [0.1, 0.15) is 19.2 Å². The lowest BCUT2D eigenvalue weighted by molar-refractivity contribution is -0.671. The Balaban J connectivity index is -0.000000180. The molecule has 206 valence electrons. The zero-order valence-electron chi connectivity index (χ0n) is 25.6. The molecular formula is C30H52N7+. The fourth-order valence-electron chi connectivity index (χ4n) is 1.68. The first-order chi connectivity index (χ1) is 18.0. The maximum atomic E-state index is 3.92. The lowest BCUT2D eigenvalue weighted by Crippen LogP contribution is -2.25. The van der Waals surface area contributed by atoms with Gasteiger partial charge in [-0.05, 0) is 45.4 Å². The summed E-state index contributed by atoms with van der Waals surface area (Å²) in [5.74, 6) is 0.822. The van der Waals surface area contributed by atoms with Crippen LogP contribution in [0.2, 0.25) is 0 Å². The van der Waals surface area contributed by atoms with Crippen LogP contribution in [0.4, 0.5) is 0 Å². The molecule has 0 aromatic carbocycles. The number of aryl methyl sites for hydroxylation is 5. The number of nitrogens with zero attached hydrogens (tertiary/aromatic N) is 7. The molecule has 0 bridgehead atoms. The van der Waals surface area contributed by atoms with Gasteiger partial charge in [0.2, 0.25) is 0 Å². The van der Waals surface area contributed by atoms with Crippen molar-refractivity contribution < 1.29 is 4.57 Å². The summed E-state index contributed by atoms with van der Waals surface area (Å²) in [4.78, 5) is 23.1. The van der Waals surface area contributed by atoms with Crippen molar-refractivity contribution in [3.8, 4) is 0 Å². The van der Waals surface area contributed by atoms with Crippen LogP contribution < -0.4 is 4.57 Å². The number of pyridine rings is 1. The Kier molecular flexibility index (Phi) is 37.9. The molecule has 7 nitrogen and oxygen atoms in total. The van der Waals surface area contributed by atoms with Crippen LogP contribution in [-0.4, -0.2) is 29.9 Å². The number of aromatic nitrogens is 7. The molecule has 0 unspecified atom stereocenters. The van der Waals surface area contributed by atoms with E-state index in [0.717, 1.165) is 17.2 Å². The minimum Gasteiger partial charge on any atom is -0.261 e. The second kappa shape index (κ2) is 34.6. The van der Waals surface area contributed by atoms with E-state index < -0.39 is 0 Å². The summed E-state index contributed by atoms with van der Waals surface area (Å²) in [5.41, 5.74) is 3.28. The van der Waals surface area contributed by atoms with Gasteiger partial charge < -0.3 is 0 Å². The Morgan fingerprint density at radius 1 is 0.541 bits per heavy atom. The van der Waals surface area contributed by atoms with Gasteiger partial charge in [-0.2, -0.15) is 0 Å². The largest absolute Gasteiger partial charge is 0.261 e. The highest BCUT2D eigenvalue weighted by molar-refractivity contribution is 5.02. The number of hydrogen-bond acceptors (Lipinski definition) is 6. The van der Waals surface area contributed by atoms with Gasteiger partial charge in [-0.25, -0.2) is 24.5 Å². The first-order valence-electron chi connectivity index (χ1n) is 13.1. The lowest BCUT2D eigenvalue weighted by atomic mass is 10.3. The van der Waals surface area contributed by atoms with Crippen molar-refractivity contribution in [1.82, 2.24) is 29.9 Å². The highest BCUT2D eigenvalue weighted by atomic mass is 14.9. The monoisotopic (exact) mass is 510 g/mol. The van der Waals surface area contributed by atoms with Crippen molar-refractivity contribution in [3.63, 3.8) is 0 Å². The summed E-state index contributed by atoms with van der Waals surface area (Å²) in [6.45, 7) is 23.8. The van der Waals surface area contributed by atoms with Crippen LogP contribution in [0.25, 0.3) is 0 Å². The summed E-state index contributed by atoms with van der Waals surface area (Å²) >= 11 is 0. The maximum absolute atomic E-state index is 3.92. The van der Waals surface area contributed by atoms with Crippen LogP contribution in [0, 0.1) is 27.7 Å². The molecule has 0 fully saturated rings. The summed E-state index contributed by atoms with van der Waals surface area (Å²) in [6, 6.07) is 7.83. The summed E-state index contributed by atoms with van der Waals surface area (Å²) < 4.78 is 2.02. The lowest BCUT2D eigenvalue weighted by Gasteiger charge is -1.85. The van der Waals surface area contributed by atoms with E-state index in [9.17, 15) is 0 Å². The van der Waals surface area contributed by atoms with Crippen LogP contribution in [-0.2, 0) is 7.05 Å². The SMILES string of the molecule is CC.CC.CC.CC.Cc1cc[n+](C)cc1.Cc1ccncn1.Cc1cnccn1.Cc1ncccn1. The van der Waals surface area contributed by atoms with Gasteiger partial charge >= 0.3 is 0 Å². The predicted molar refractivity (Wildman–Crippen MR) is 158 cm³/mol. The van der Waals surface area contributed by atoms with Crippen LogP contribution in [0.15, 0.2) is 80.2 Å². The van der Waals surface area contributed by atoms with Gasteiger partial charge in [0, 0.05) is 55.0 Å². The Morgan fingerprint density at radius 2 is 1.08 bits per heavy atom. The molecule has 0 radical (unpaired) electrons. The van der Waals surface area contributed by atoms with Gasteiger partial charge in [0.05, 0.1) is 5.69 Å². The third-order valence-corrected chi connectivity index (χ3v) is 3.26. The average Bonchev–Trinajstić information content (AvgIpc) is 2.97. The van der Waals surface area contributed by atoms with Crippen LogP contribution in [0.5, 0.6) is 0 Å². The average molecular weight is 511 g/mol. The topological polar surface area (TPSA) is 81.2 Å². The van der Waals surface area contributed by atoms with Crippen molar-refractivity contribution in [1.29, 1.82) is 0 Å². The minimum atomic E-state index is 0.822. The molecule has 0 atom stereocenters. The van der Waals surface area contributed by atoms with E-state index in [-0.39, 0.29) is 0 Å². The van der Waals surface area contributed by atoms with Crippen molar-refractivity contribution >= 4 is 0 Å². The molecule has 4 heterocycles. The van der Waals surface area contributed by atoms with Gasteiger partial charge in [-0.3, -0.25) is 9.97 Å². The summed E-state index contributed by atoms with van der Waals surface area (Å²) in [7, 11) is 2.01. The predicted octanol–water partition coefficient (Wildman–Crippen LogP) is 7.28. The molecule has 0 aliphatic carbocycles. The molecule has 0 amide bonds. The zero-order valence-corrected chi connectivity index (χ0v) is 25.6. The van der Waals surface area contributed by atoms with E-state index in [0.29, 0.717) is 0 Å². The number of hydrogen-bond donors (Lipinski definition) is 0. The zero-order chi connectivity index (χ0) is 29.3. The highest BCUT2D eigenvalue weighted by Crippen LogP contribution is 1.87. The first-order valence-corrected chi connectivity index (χ1v) is 13.1. The Bertz CT molecular complexity index is 777. The third kappa shape index (κ3) is 32.4. The molecule has 0 saturated heterocycles. The van der Waals surface area contributed by atoms with E-state index in [4.69, 9.17) is 0 Å². The Labute approximate surface area is 227 Å². The van der Waals surface area contributed by atoms with Crippen molar-refractivity contribution in [3.05, 3.63) is 103 Å². The van der Waals surface area contributed by atoms with E-state index in [1.54, 1.807) is 43.2 Å². The molecule has 0 saturated carbocycles. The van der Waals surface area contributed by atoms with Crippen LogP contribution in [0.3, 0.4) is 0 Å². The normalized spacial score (nSPS) is 7.59. The van der Waals surface area contributed by atoms with Crippen LogP contribution in [0.1, 0.15) is 78.2 Å². The van der Waals surface area contributed by atoms with Gasteiger partial charge in [0.15, 0.2) is 12.4 Å². The van der Waals surface area contributed by atoms with Crippen molar-refractivity contribution in [2.75, 3.05) is 0 Å². The molecule has 4 rings (SSSR count). The molecular weight excluding hydrogens is 458 g/mol. The highest BCUT2D eigenvalue weighted by Gasteiger charge is 1.85. The molecule has 0 aliphatic heterocycles.